The van der Waals surface area contributed by atoms with E-state index in [1.807, 2.05) is 13.1 Å². The Hall–Kier alpha value is -0.940. The van der Waals surface area contributed by atoms with E-state index in [1.165, 1.54) is 4.88 Å². The first-order valence-corrected chi connectivity index (χ1v) is 5.94. The first kappa shape index (κ1) is 10.6. The Labute approximate surface area is 93.1 Å². The third-order valence-corrected chi connectivity index (χ3v) is 3.36. The van der Waals surface area contributed by atoms with Crippen molar-refractivity contribution < 1.29 is 4.79 Å². The standard InChI is InChI=1S/C10H15N3OS/c1-7-3-13-10(15-7)6-12-9(14)2-8-4-11-5-8/h3,8,11H,2,4-6H2,1H3,(H,12,14). The summed E-state index contributed by atoms with van der Waals surface area (Å²) in [6, 6.07) is 0. The second kappa shape index (κ2) is 4.72. The normalized spacial score (nSPS) is 16.1. The third kappa shape index (κ3) is 3.00. The minimum atomic E-state index is 0.134. The minimum Gasteiger partial charge on any atom is -0.350 e. The van der Waals surface area contributed by atoms with Crippen LogP contribution in [0.4, 0.5) is 0 Å². The summed E-state index contributed by atoms with van der Waals surface area (Å²) in [5, 5.41) is 7.03. The number of carbonyl (C=O) groups excluding carboxylic acids is 1. The summed E-state index contributed by atoms with van der Waals surface area (Å²) >= 11 is 1.63. The molecular weight excluding hydrogens is 210 g/mol. The van der Waals surface area contributed by atoms with Gasteiger partial charge in [0, 0.05) is 17.5 Å². The number of amides is 1. The fourth-order valence-corrected chi connectivity index (χ4v) is 2.21. The molecule has 1 fully saturated rings. The molecular formula is C10H15N3OS. The van der Waals surface area contributed by atoms with E-state index in [2.05, 4.69) is 15.6 Å². The molecule has 4 nitrogen and oxygen atoms in total. The molecule has 2 heterocycles. The number of rotatable bonds is 4. The molecule has 82 valence electrons. The smallest absolute Gasteiger partial charge is 0.220 e. The van der Waals surface area contributed by atoms with Crippen LogP contribution in [0.15, 0.2) is 6.20 Å². The van der Waals surface area contributed by atoms with E-state index in [4.69, 9.17) is 0 Å². The van der Waals surface area contributed by atoms with Gasteiger partial charge in [-0.2, -0.15) is 0 Å². The fraction of sp³-hybridized carbons (Fsp3) is 0.600. The largest absolute Gasteiger partial charge is 0.350 e. The summed E-state index contributed by atoms with van der Waals surface area (Å²) in [6.45, 7) is 4.54. The zero-order valence-electron chi connectivity index (χ0n) is 8.75. The summed E-state index contributed by atoms with van der Waals surface area (Å²) in [5.74, 6) is 0.664. The Morgan fingerprint density at radius 3 is 3.07 bits per heavy atom. The van der Waals surface area contributed by atoms with Crippen LogP contribution in [0.5, 0.6) is 0 Å². The van der Waals surface area contributed by atoms with Gasteiger partial charge in [-0.25, -0.2) is 4.98 Å². The lowest BCUT2D eigenvalue weighted by molar-refractivity contribution is -0.122. The van der Waals surface area contributed by atoms with Gasteiger partial charge in [0.15, 0.2) is 0 Å². The first-order valence-electron chi connectivity index (χ1n) is 5.13. The number of hydrogen-bond donors (Lipinski definition) is 2. The number of thiazole rings is 1. The van der Waals surface area contributed by atoms with E-state index in [0.717, 1.165) is 18.1 Å². The predicted molar refractivity (Wildman–Crippen MR) is 59.7 cm³/mol. The molecule has 0 bridgehead atoms. The van der Waals surface area contributed by atoms with Gasteiger partial charge in [0.2, 0.25) is 5.91 Å². The van der Waals surface area contributed by atoms with Gasteiger partial charge < -0.3 is 10.6 Å². The van der Waals surface area contributed by atoms with Crippen molar-refractivity contribution in [1.29, 1.82) is 0 Å². The Morgan fingerprint density at radius 1 is 1.73 bits per heavy atom. The summed E-state index contributed by atoms with van der Waals surface area (Å²) in [4.78, 5) is 16.8. The van der Waals surface area contributed by atoms with Crippen molar-refractivity contribution in [3.05, 3.63) is 16.1 Å². The summed E-state index contributed by atoms with van der Waals surface area (Å²) in [5.41, 5.74) is 0. The van der Waals surface area contributed by atoms with Crippen molar-refractivity contribution in [3.63, 3.8) is 0 Å². The highest BCUT2D eigenvalue weighted by atomic mass is 32.1. The van der Waals surface area contributed by atoms with E-state index in [-0.39, 0.29) is 5.91 Å². The molecule has 1 aliphatic rings. The molecule has 1 amide bonds. The average molecular weight is 225 g/mol. The van der Waals surface area contributed by atoms with E-state index in [0.29, 0.717) is 18.9 Å². The van der Waals surface area contributed by atoms with Crippen LogP contribution in [-0.4, -0.2) is 24.0 Å². The van der Waals surface area contributed by atoms with Crippen LogP contribution in [0.25, 0.3) is 0 Å². The van der Waals surface area contributed by atoms with E-state index >= 15 is 0 Å². The van der Waals surface area contributed by atoms with Gasteiger partial charge in [-0.1, -0.05) is 0 Å². The second-order valence-corrected chi connectivity index (χ2v) is 5.19. The fourth-order valence-electron chi connectivity index (χ4n) is 1.48. The summed E-state index contributed by atoms with van der Waals surface area (Å²) in [7, 11) is 0. The monoisotopic (exact) mass is 225 g/mol. The highest BCUT2D eigenvalue weighted by Gasteiger charge is 2.19. The molecule has 1 aliphatic heterocycles. The van der Waals surface area contributed by atoms with Gasteiger partial charge in [-0.05, 0) is 25.9 Å². The Balaban J connectivity index is 1.70. The molecule has 1 aromatic rings. The zero-order valence-corrected chi connectivity index (χ0v) is 9.56. The first-order chi connectivity index (χ1) is 7.24. The minimum absolute atomic E-state index is 0.134. The van der Waals surface area contributed by atoms with Crippen LogP contribution in [0, 0.1) is 12.8 Å². The Morgan fingerprint density at radius 2 is 2.53 bits per heavy atom. The molecule has 1 saturated heterocycles. The molecule has 0 unspecified atom stereocenters. The quantitative estimate of drug-likeness (QED) is 0.792. The maximum Gasteiger partial charge on any atom is 0.220 e. The van der Waals surface area contributed by atoms with Gasteiger partial charge >= 0.3 is 0 Å². The van der Waals surface area contributed by atoms with Gasteiger partial charge in [-0.3, -0.25) is 4.79 Å². The van der Waals surface area contributed by atoms with Crippen molar-refractivity contribution in [2.24, 2.45) is 5.92 Å². The molecule has 1 aromatic heterocycles. The average Bonchev–Trinajstić information content (AvgIpc) is 2.55. The van der Waals surface area contributed by atoms with Gasteiger partial charge in [0.05, 0.1) is 6.54 Å². The van der Waals surface area contributed by atoms with Crippen LogP contribution in [-0.2, 0) is 11.3 Å². The summed E-state index contributed by atoms with van der Waals surface area (Å²) < 4.78 is 0. The number of aryl methyl sites for hydroxylation is 1. The van der Waals surface area contributed by atoms with Crippen molar-refractivity contribution in [2.45, 2.75) is 19.9 Å². The zero-order chi connectivity index (χ0) is 10.7. The molecule has 2 rings (SSSR count). The number of nitrogens with zero attached hydrogens (tertiary/aromatic N) is 1. The van der Waals surface area contributed by atoms with E-state index < -0.39 is 0 Å². The highest BCUT2D eigenvalue weighted by molar-refractivity contribution is 7.11. The van der Waals surface area contributed by atoms with Crippen LogP contribution in [0.1, 0.15) is 16.3 Å². The van der Waals surface area contributed by atoms with Crippen LogP contribution < -0.4 is 10.6 Å². The molecule has 0 radical (unpaired) electrons. The van der Waals surface area contributed by atoms with Crippen LogP contribution in [0.2, 0.25) is 0 Å². The SMILES string of the molecule is Cc1cnc(CNC(=O)CC2CNC2)s1. The molecule has 0 spiro atoms. The highest BCUT2D eigenvalue weighted by Crippen LogP contribution is 2.11. The second-order valence-electron chi connectivity index (χ2n) is 3.87. The van der Waals surface area contributed by atoms with Gasteiger partial charge in [0.25, 0.3) is 0 Å². The molecule has 2 N–H and O–H groups in total. The molecule has 5 heteroatoms. The lowest BCUT2D eigenvalue weighted by Gasteiger charge is -2.26. The third-order valence-electron chi connectivity index (χ3n) is 2.45. The van der Waals surface area contributed by atoms with Crippen molar-refractivity contribution >= 4 is 17.2 Å². The molecule has 0 aromatic carbocycles. The number of carbonyl (C=O) groups is 1. The van der Waals surface area contributed by atoms with Gasteiger partial charge in [-0.15, -0.1) is 11.3 Å². The van der Waals surface area contributed by atoms with Crippen LogP contribution >= 0.6 is 11.3 Å². The maximum atomic E-state index is 11.5. The van der Waals surface area contributed by atoms with E-state index in [1.54, 1.807) is 11.3 Å². The number of hydrogen-bond acceptors (Lipinski definition) is 4. The maximum absolute atomic E-state index is 11.5. The molecule has 15 heavy (non-hydrogen) atoms. The number of aromatic nitrogens is 1. The van der Waals surface area contributed by atoms with Crippen molar-refractivity contribution in [2.75, 3.05) is 13.1 Å². The lowest BCUT2D eigenvalue weighted by atomic mass is 9.99. The van der Waals surface area contributed by atoms with E-state index in [9.17, 15) is 4.79 Å². The topological polar surface area (TPSA) is 54.0 Å². The lowest BCUT2D eigenvalue weighted by Crippen LogP contribution is -2.44. The molecule has 0 aliphatic carbocycles. The predicted octanol–water partition coefficient (Wildman–Crippen LogP) is 0.677. The summed E-state index contributed by atoms with van der Waals surface area (Å²) in [6.07, 6.45) is 2.47. The molecule has 0 atom stereocenters. The number of nitrogens with one attached hydrogen (secondary N) is 2. The Bertz CT molecular complexity index is 346. The Kier molecular flexibility index (Phi) is 3.33. The van der Waals surface area contributed by atoms with Crippen molar-refractivity contribution in [1.82, 2.24) is 15.6 Å². The van der Waals surface area contributed by atoms with Crippen molar-refractivity contribution in [3.8, 4) is 0 Å². The molecule has 0 saturated carbocycles. The van der Waals surface area contributed by atoms with Crippen LogP contribution in [0.3, 0.4) is 0 Å². The van der Waals surface area contributed by atoms with Gasteiger partial charge in [0.1, 0.15) is 5.01 Å².